The maximum atomic E-state index is 10.9. The molecule has 10 heavy (non-hydrogen) atoms. The number of aliphatic imine (C=N–C) groups is 1. The van der Waals surface area contributed by atoms with Crippen LogP contribution in [0.4, 0.5) is 0 Å². The van der Waals surface area contributed by atoms with E-state index in [4.69, 9.17) is 0 Å². The monoisotopic (exact) mass is 153 g/mol. The second-order valence-electron chi connectivity index (χ2n) is 2.44. The normalized spacial score (nSPS) is 23.8. The van der Waals surface area contributed by atoms with Gasteiger partial charge in [0.15, 0.2) is 0 Å². The number of rotatable bonds is 0. The summed E-state index contributed by atoms with van der Waals surface area (Å²) in [6.45, 7) is 0.758. The molecular formula is C7H7NOS. The molecule has 0 radical (unpaired) electrons. The zero-order valence-corrected chi connectivity index (χ0v) is 6.28. The smallest absolute Gasteiger partial charge is 0.147 e. The van der Waals surface area contributed by atoms with Crippen molar-refractivity contribution in [2.75, 3.05) is 12.3 Å². The molecule has 0 aromatic rings. The molecule has 2 heterocycles. The first-order chi connectivity index (χ1) is 4.86. The van der Waals surface area contributed by atoms with Crippen LogP contribution in [0.2, 0.25) is 0 Å². The fraction of sp³-hybridized carbons (Fsp3) is 0.429. The van der Waals surface area contributed by atoms with E-state index in [0.29, 0.717) is 18.0 Å². The summed E-state index contributed by atoms with van der Waals surface area (Å²) >= 11 is 1.62. The largest absolute Gasteiger partial charge is 0.298 e. The summed E-state index contributed by atoms with van der Waals surface area (Å²) < 4.78 is 0. The lowest BCUT2D eigenvalue weighted by molar-refractivity contribution is -0.116. The molecule has 0 bridgehead atoms. The number of carbonyl (C=O) groups is 1. The zero-order chi connectivity index (χ0) is 6.97. The van der Waals surface area contributed by atoms with Crippen molar-refractivity contribution >= 4 is 23.8 Å². The third kappa shape index (κ3) is 0.904. The van der Waals surface area contributed by atoms with E-state index >= 15 is 0 Å². The van der Waals surface area contributed by atoms with Crippen LogP contribution in [-0.4, -0.2) is 24.3 Å². The number of nitrogens with zero attached hydrogens (tertiary/aromatic N) is 1. The maximum Gasteiger partial charge on any atom is 0.147 e. The number of Topliss-reactive ketones (excluding diaryl/α,β-unsaturated/α-hetero) is 1. The van der Waals surface area contributed by atoms with E-state index in [2.05, 4.69) is 4.99 Å². The van der Waals surface area contributed by atoms with Crippen LogP contribution in [0.1, 0.15) is 6.42 Å². The van der Waals surface area contributed by atoms with Crippen molar-refractivity contribution < 1.29 is 4.79 Å². The SMILES string of the molecule is O=C1CSC2=C(CN=C2)C1. The summed E-state index contributed by atoms with van der Waals surface area (Å²) in [5.41, 5.74) is 1.22. The molecule has 0 N–H and O–H groups in total. The Morgan fingerprint density at radius 3 is 3.40 bits per heavy atom. The molecule has 0 saturated heterocycles. The maximum absolute atomic E-state index is 10.9. The third-order valence-corrected chi connectivity index (χ3v) is 2.81. The van der Waals surface area contributed by atoms with Gasteiger partial charge in [0.2, 0.25) is 0 Å². The first kappa shape index (κ1) is 6.16. The Hall–Kier alpha value is -0.570. The van der Waals surface area contributed by atoms with Crippen LogP contribution in [0, 0.1) is 0 Å². The molecule has 52 valence electrons. The number of hydrogen-bond donors (Lipinski definition) is 0. The van der Waals surface area contributed by atoms with Gasteiger partial charge in [-0.1, -0.05) is 0 Å². The first-order valence-electron chi connectivity index (χ1n) is 3.22. The van der Waals surface area contributed by atoms with Crippen molar-refractivity contribution in [2.45, 2.75) is 6.42 Å². The van der Waals surface area contributed by atoms with Crippen molar-refractivity contribution in [3.05, 3.63) is 10.5 Å². The van der Waals surface area contributed by atoms with Crippen LogP contribution in [0.15, 0.2) is 15.5 Å². The highest BCUT2D eigenvalue weighted by atomic mass is 32.2. The van der Waals surface area contributed by atoms with Gasteiger partial charge in [-0.25, -0.2) is 0 Å². The van der Waals surface area contributed by atoms with Crippen molar-refractivity contribution in [2.24, 2.45) is 4.99 Å². The van der Waals surface area contributed by atoms with Crippen LogP contribution in [0.3, 0.4) is 0 Å². The molecular weight excluding hydrogens is 146 g/mol. The lowest BCUT2D eigenvalue weighted by Crippen LogP contribution is -2.09. The van der Waals surface area contributed by atoms with Crippen molar-refractivity contribution in [1.82, 2.24) is 0 Å². The Morgan fingerprint density at radius 1 is 1.60 bits per heavy atom. The summed E-state index contributed by atoms with van der Waals surface area (Å²) in [5.74, 6) is 0.986. The summed E-state index contributed by atoms with van der Waals surface area (Å²) in [5, 5.41) is 0. The molecule has 0 atom stereocenters. The van der Waals surface area contributed by atoms with Crippen LogP contribution < -0.4 is 0 Å². The van der Waals surface area contributed by atoms with Crippen molar-refractivity contribution in [3.8, 4) is 0 Å². The van der Waals surface area contributed by atoms with Gasteiger partial charge in [-0.05, 0) is 5.57 Å². The van der Waals surface area contributed by atoms with E-state index in [1.165, 1.54) is 10.5 Å². The van der Waals surface area contributed by atoms with Crippen LogP contribution in [0.5, 0.6) is 0 Å². The first-order valence-corrected chi connectivity index (χ1v) is 4.21. The zero-order valence-electron chi connectivity index (χ0n) is 5.46. The van der Waals surface area contributed by atoms with Crippen molar-refractivity contribution in [3.63, 3.8) is 0 Å². The van der Waals surface area contributed by atoms with Gasteiger partial charge >= 0.3 is 0 Å². The lowest BCUT2D eigenvalue weighted by Gasteiger charge is -2.09. The third-order valence-electron chi connectivity index (χ3n) is 1.64. The number of hydrogen-bond acceptors (Lipinski definition) is 3. The van der Waals surface area contributed by atoms with E-state index in [-0.39, 0.29) is 0 Å². The average molecular weight is 153 g/mol. The molecule has 0 aromatic heterocycles. The van der Waals surface area contributed by atoms with Gasteiger partial charge < -0.3 is 0 Å². The number of ketones is 1. The van der Waals surface area contributed by atoms with Gasteiger partial charge in [-0.3, -0.25) is 9.79 Å². The molecule has 2 rings (SSSR count). The number of thioether (sulfide) groups is 1. The summed E-state index contributed by atoms with van der Waals surface area (Å²) in [4.78, 5) is 16.2. The van der Waals surface area contributed by atoms with E-state index in [1.54, 1.807) is 11.8 Å². The highest BCUT2D eigenvalue weighted by Gasteiger charge is 2.19. The average Bonchev–Trinajstić information content (AvgIpc) is 2.33. The van der Waals surface area contributed by atoms with E-state index in [1.807, 2.05) is 6.21 Å². The van der Waals surface area contributed by atoms with Crippen LogP contribution in [-0.2, 0) is 4.79 Å². The van der Waals surface area contributed by atoms with Crippen molar-refractivity contribution in [1.29, 1.82) is 0 Å². The predicted molar refractivity (Wildman–Crippen MR) is 42.5 cm³/mol. The molecule has 2 aliphatic rings. The van der Waals surface area contributed by atoms with E-state index in [9.17, 15) is 4.79 Å². The minimum Gasteiger partial charge on any atom is -0.298 e. The van der Waals surface area contributed by atoms with Gasteiger partial charge in [-0.2, -0.15) is 0 Å². The molecule has 0 spiro atoms. The van der Waals surface area contributed by atoms with E-state index in [0.717, 1.165) is 6.54 Å². The van der Waals surface area contributed by atoms with Crippen LogP contribution >= 0.6 is 11.8 Å². The second kappa shape index (κ2) is 2.23. The fourth-order valence-electron chi connectivity index (χ4n) is 1.14. The van der Waals surface area contributed by atoms with Gasteiger partial charge in [0, 0.05) is 17.5 Å². The molecule has 0 unspecified atom stereocenters. The van der Waals surface area contributed by atoms with Gasteiger partial charge in [0.05, 0.1) is 12.3 Å². The Kier molecular flexibility index (Phi) is 1.38. The molecule has 3 heteroatoms. The molecule has 0 amide bonds. The standard InChI is InChI=1S/C7H7NOS/c9-6-1-5-2-8-3-7(5)10-4-6/h3H,1-2,4H2. The number of allylic oxidation sites excluding steroid dienone is 1. The summed E-state index contributed by atoms with van der Waals surface area (Å²) in [6, 6.07) is 0. The molecule has 0 fully saturated rings. The highest BCUT2D eigenvalue weighted by Crippen LogP contribution is 2.29. The predicted octanol–water partition coefficient (Wildman–Crippen LogP) is 1.03. The molecule has 2 aliphatic heterocycles. The van der Waals surface area contributed by atoms with Gasteiger partial charge in [-0.15, -0.1) is 11.8 Å². The van der Waals surface area contributed by atoms with Crippen LogP contribution in [0.25, 0.3) is 0 Å². The topological polar surface area (TPSA) is 29.4 Å². The molecule has 0 aromatic carbocycles. The minimum absolute atomic E-state index is 0.342. The quantitative estimate of drug-likeness (QED) is 0.520. The van der Waals surface area contributed by atoms with Gasteiger partial charge in [0.25, 0.3) is 0 Å². The number of carbonyl (C=O) groups excluding carboxylic acids is 1. The molecule has 2 nitrogen and oxygen atoms in total. The second-order valence-corrected chi connectivity index (χ2v) is 3.46. The highest BCUT2D eigenvalue weighted by molar-refractivity contribution is 8.04. The Morgan fingerprint density at radius 2 is 2.50 bits per heavy atom. The fourth-order valence-corrected chi connectivity index (χ4v) is 2.05. The molecule has 0 saturated carbocycles. The summed E-state index contributed by atoms with van der Waals surface area (Å²) in [6.07, 6.45) is 2.52. The molecule has 0 aliphatic carbocycles. The van der Waals surface area contributed by atoms with Gasteiger partial charge in [0.1, 0.15) is 5.78 Å². The Labute approximate surface area is 63.4 Å². The minimum atomic E-state index is 0.342. The Bertz CT molecular complexity index is 242. The summed E-state index contributed by atoms with van der Waals surface area (Å²) in [7, 11) is 0. The Balaban J connectivity index is 2.26. The van der Waals surface area contributed by atoms with E-state index < -0.39 is 0 Å². The lowest BCUT2D eigenvalue weighted by atomic mass is 10.1.